The van der Waals surface area contributed by atoms with E-state index in [1.807, 2.05) is 36.4 Å². The number of rotatable bonds is 3. The van der Waals surface area contributed by atoms with Gasteiger partial charge in [-0.1, -0.05) is 36.4 Å². The normalized spacial score (nSPS) is 10.4. The van der Waals surface area contributed by atoms with Crippen LogP contribution >= 0.6 is 0 Å². The van der Waals surface area contributed by atoms with E-state index in [0.717, 1.165) is 10.8 Å². The van der Waals surface area contributed by atoms with Crippen LogP contribution in [0.5, 0.6) is 5.75 Å². The molecule has 3 aromatic rings. The van der Waals surface area contributed by atoms with Crippen LogP contribution in [0.25, 0.3) is 10.8 Å². The van der Waals surface area contributed by atoms with Crippen LogP contribution in [0.3, 0.4) is 0 Å². The number of primary amides is 1. The third-order valence-electron chi connectivity index (χ3n) is 3.36. The predicted molar refractivity (Wildman–Crippen MR) is 83.9 cm³/mol. The molecule has 22 heavy (non-hydrogen) atoms. The Morgan fingerprint density at radius 1 is 0.773 bits per heavy atom. The Labute approximate surface area is 127 Å². The largest absolute Gasteiger partial charge is 0.422 e. The minimum atomic E-state index is -0.533. The monoisotopic (exact) mass is 291 g/mol. The smallest absolute Gasteiger partial charge is 0.343 e. The standard InChI is InChI=1S/C18H13NO3/c19-17(20)13-8-10-14(11-9-13)18(21)22-16-7-3-5-12-4-1-2-6-15(12)16/h1-11H,(H2,19,20). The lowest BCUT2D eigenvalue weighted by Gasteiger charge is -2.08. The van der Waals surface area contributed by atoms with Gasteiger partial charge in [0.05, 0.1) is 5.56 Å². The van der Waals surface area contributed by atoms with E-state index in [4.69, 9.17) is 10.5 Å². The Morgan fingerprint density at radius 3 is 2.14 bits per heavy atom. The minimum Gasteiger partial charge on any atom is -0.422 e. The summed E-state index contributed by atoms with van der Waals surface area (Å²) in [6, 6.07) is 19.2. The van der Waals surface area contributed by atoms with Crippen molar-refractivity contribution in [2.75, 3.05) is 0 Å². The lowest BCUT2D eigenvalue weighted by molar-refractivity contribution is 0.0736. The average molecular weight is 291 g/mol. The maximum atomic E-state index is 12.2. The van der Waals surface area contributed by atoms with Crippen molar-refractivity contribution in [1.29, 1.82) is 0 Å². The number of carbonyl (C=O) groups is 2. The first-order chi connectivity index (χ1) is 10.6. The predicted octanol–water partition coefficient (Wildman–Crippen LogP) is 3.16. The molecule has 0 unspecified atom stereocenters. The topological polar surface area (TPSA) is 69.4 Å². The van der Waals surface area contributed by atoms with Crippen molar-refractivity contribution < 1.29 is 14.3 Å². The van der Waals surface area contributed by atoms with Crippen LogP contribution < -0.4 is 10.5 Å². The van der Waals surface area contributed by atoms with Crippen molar-refractivity contribution in [1.82, 2.24) is 0 Å². The van der Waals surface area contributed by atoms with E-state index >= 15 is 0 Å². The Hall–Kier alpha value is -3.14. The maximum Gasteiger partial charge on any atom is 0.343 e. The summed E-state index contributed by atoms with van der Waals surface area (Å²) in [5, 5.41) is 1.86. The van der Waals surface area contributed by atoms with Gasteiger partial charge in [-0.2, -0.15) is 0 Å². The van der Waals surface area contributed by atoms with Gasteiger partial charge in [0.15, 0.2) is 0 Å². The van der Waals surface area contributed by atoms with Gasteiger partial charge < -0.3 is 10.5 Å². The van der Waals surface area contributed by atoms with Gasteiger partial charge in [-0.25, -0.2) is 4.79 Å². The molecule has 1 amide bonds. The van der Waals surface area contributed by atoms with Crippen LogP contribution in [0.15, 0.2) is 66.7 Å². The number of benzene rings is 3. The fourth-order valence-corrected chi connectivity index (χ4v) is 2.21. The second kappa shape index (κ2) is 5.69. The third-order valence-corrected chi connectivity index (χ3v) is 3.36. The Balaban J connectivity index is 1.88. The lowest BCUT2D eigenvalue weighted by atomic mass is 10.1. The quantitative estimate of drug-likeness (QED) is 0.595. The zero-order valence-corrected chi connectivity index (χ0v) is 11.7. The van der Waals surface area contributed by atoms with Gasteiger partial charge in [-0.3, -0.25) is 4.79 Å². The first-order valence-electron chi connectivity index (χ1n) is 6.75. The fraction of sp³-hybridized carbons (Fsp3) is 0. The van der Waals surface area contributed by atoms with Crippen molar-refractivity contribution in [2.24, 2.45) is 5.73 Å². The molecule has 0 aliphatic heterocycles. The number of esters is 1. The molecule has 2 N–H and O–H groups in total. The van der Waals surface area contributed by atoms with Gasteiger partial charge in [0, 0.05) is 10.9 Å². The van der Waals surface area contributed by atoms with E-state index in [1.54, 1.807) is 6.07 Å². The Bertz CT molecular complexity index is 848. The second-order valence-corrected chi connectivity index (χ2v) is 4.81. The summed E-state index contributed by atoms with van der Waals surface area (Å²) in [5.74, 6) is -0.511. The molecular formula is C18H13NO3. The van der Waals surface area contributed by atoms with Gasteiger partial charge in [-0.15, -0.1) is 0 Å². The van der Waals surface area contributed by atoms with E-state index in [1.165, 1.54) is 24.3 Å². The highest BCUT2D eigenvalue weighted by Crippen LogP contribution is 2.25. The SMILES string of the molecule is NC(=O)c1ccc(C(=O)Oc2cccc3ccccc23)cc1. The maximum absolute atomic E-state index is 12.2. The molecule has 0 atom stereocenters. The van der Waals surface area contributed by atoms with Gasteiger partial charge >= 0.3 is 5.97 Å². The summed E-state index contributed by atoms with van der Waals surface area (Å²) in [6.07, 6.45) is 0. The zero-order chi connectivity index (χ0) is 15.5. The first kappa shape index (κ1) is 13.8. The van der Waals surface area contributed by atoms with E-state index in [0.29, 0.717) is 16.9 Å². The number of amides is 1. The summed E-state index contributed by atoms with van der Waals surface area (Å²) < 4.78 is 5.46. The van der Waals surface area contributed by atoms with E-state index in [2.05, 4.69) is 0 Å². The summed E-state index contributed by atoms with van der Waals surface area (Å²) in [7, 11) is 0. The Morgan fingerprint density at radius 2 is 1.41 bits per heavy atom. The molecule has 3 aromatic carbocycles. The molecule has 4 nitrogen and oxygen atoms in total. The van der Waals surface area contributed by atoms with Gasteiger partial charge in [-0.05, 0) is 35.7 Å². The molecule has 0 radical (unpaired) electrons. The number of hydrogen-bond donors (Lipinski definition) is 1. The number of ether oxygens (including phenoxy) is 1. The van der Waals surface area contributed by atoms with Crippen molar-refractivity contribution in [3.05, 3.63) is 77.9 Å². The van der Waals surface area contributed by atoms with Crippen molar-refractivity contribution in [2.45, 2.75) is 0 Å². The highest BCUT2D eigenvalue weighted by molar-refractivity contribution is 5.97. The first-order valence-corrected chi connectivity index (χ1v) is 6.75. The molecule has 0 bridgehead atoms. The summed E-state index contributed by atoms with van der Waals surface area (Å²) in [5.41, 5.74) is 5.88. The minimum absolute atomic E-state index is 0.349. The van der Waals surface area contributed by atoms with E-state index in [-0.39, 0.29) is 0 Å². The number of carbonyl (C=O) groups excluding carboxylic acids is 2. The molecule has 0 aromatic heterocycles. The van der Waals surface area contributed by atoms with Crippen LogP contribution in [-0.4, -0.2) is 11.9 Å². The highest BCUT2D eigenvalue weighted by atomic mass is 16.5. The molecule has 0 aliphatic rings. The number of fused-ring (bicyclic) bond motifs is 1. The van der Waals surface area contributed by atoms with E-state index in [9.17, 15) is 9.59 Å². The van der Waals surface area contributed by atoms with Crippen molar-refractivity contribution >= 4 is 22.6 Å². The van der Waals surface area contributed by atoms with Crippen LogP contribution in [0.2, 0.25) is 0 Å². The van der Waals surface area contributed by atoms with E-state index < -0.39 is 11.9 Å². The summed E-state index contributed by atoms with van der Waals surface area (Å²) in [6.45, 7) is 0. The molecule has 0 fully saturated rings. The third kappa shape index (κ3) is 2.67. The van der Waals surface area contributed by atoms with Crippen LogP contribution in [-0.2, 0) is 0 Å². The van der Waals surface area contributed by atoms with Crippen LogP contribution in [0, 0.1) is 0 Å². The van der Waals surface area contributed by atoms with Gasteiger partial charge in [0.2, 0.25) is 5.91 Å². The molecular weight excluding hydrogens is 278 g/mol. The van der Waals surface area contributed by atoms with Crippen LogP contribution in [0.4, 0.5) is 0 Å². The number of hydrogen-bond acceptors (Lipinski definition) is 3. The molecule has 0 saturated carbocycles. The fourth-order valence-electron chi connectivity index (χ4n) is 2.21. The lowest BCUT2D eigenvalue weighted by Crippen LogP contribution is -2.12. The molecule has 4 heteroatoms. The average Bonchev–Trinajstić information content (AvgIpc) is 2.55. The molecule has 0 heterocycles. The molecule has 108 valence electrons. The van der Waals surface area contributed by atoms with Gasteiger partial charge in [0.25, 0.3) is 0 Å². The van der Waals surface area contributed by atoms with Crippen molar-refractivity contribution in [3.63, 3.8) is 0 Å². The molecule has 3 rings (SSSR count). The molecule has 0 spiro atoms. The highest BCUT2D eigenvalue weighted by Gasteiger charge is 2.11. The van der Waals surface area contributed by atoms with Gasteiger partial charge in [0.1, 0.15) is 5.75 Å². The summed E-state index contributed by atoms with van der Waals surface area (Å²) in [4.78, 5) is 23.2. The Kier molecular flexibility index (Phi) is 3.58. The second-order valence-electron chi connectivity index (χ2n) is 4.81. The van der Waals surface area contributed by atoms with Crippen molar-refractivity contribution in [3.8, 4) is 5.75 Å². The molecule has 0 aliphatic carbocycles. The zero-order valence-electron chi connectivity index (χ0n) is 11.7. The van der Waals surface area contributed by atoms with Crippen LogP contribution in [0.1, 0.15) is 20.7 Å². The summed E-state index contributed by atoms with van der Waals surface area (Å²) >= 11 is 0. The number of nitrogens with two attached hydrogens (primary N) is 1. The molecule has 0 saturated heterocycles.